The number of methoxy groups -OCH3 is 2. The number of sulfonamides is 1. The zero-order valence-corrected chi connectivity index (χ0v) is 23.1. The fourth-order valence-electron chi connectivity index (χ4n) is 4.76. The van der Waals surface area contributed by atoms with Crippen LogP contribution in [0.15, 0.2) is 47.6 Å². The number of H-pyrrole nitrogens is 1. The highest BCUT2D eigenvalue weighted by Gasteiger charge is 2.36. The van der Waals surface area contributed by atoms with E-state index in [1.54, 1.807) is 36.7 Å². The number of anilines is 1. The van der Waals surface area contributed by atoms with Gasteiger partial charge < -0.3 is 34.5 Å². The van der Waals surface area contributed by atoms with Crippen molar-refractivity contribution < 1.29 is 37.3 Å². The van der Waals surface area contributed by atoms with Crippen LogP contribution in [0.5, 0.6) is 11.5 Å². The highest BCUT2D eigenvalue weighted by atomic mass is 32.2. The average Bonchev–Trinajstić information content (AvgIpc) is 3.46. The van der Waals surface area contributed by atoms with Crippen LogP contribution >= 0.6 is 0 Å². The zero-order valence-electron chi connectivity index (χ0n) is 22.3. The third-order valence-corrected chi connectivity index (χ3v) is 8.19. The van der Waals surface area contributed by atoms with Crippen molar-refractivity contribution in [1.29, 1.82) is 0 Å². The second-order valence-corrected chi connectivity index (χ2v) is 10.9. The highest BCUT2D eigenvalue weighted by molar-refractivity contribution is 7.89. The van der Waals surface area contributed by atoms with Gasteiger partial charge in [-0.15, -0.1) is 0 Å². The minimum atomic E-state index is -4.23. The average molecular weight is 576 g/mol. The number of amides is 1. The molecule has 2 heterocycles. The number of likely N-dealkylation sites (tertiary alicyclic amines) is 1. The summed E-state index contributed by atoms with van der Waals surface area (Å²) in [5, 5.41) is 13.3. The van der Waals surface area contributed by atoms with Gasteiger partial charge in [0.1, 0.15) is 6.04 Å². The van der Waals surface area contributed by atoms with Crippen molar-refractivity contribution >= 4 is 38.8 Å². The molecule has 1 saturated heterocycles. The van der Waals surface area contributed by atoms with E-state index in [1.807, 2.05) is 0 Å². The number of fused-ring (bicyclic) bond motifs is 1. The number of rotatable bonds is 12. The van der Waals surface area contributed by atoms with E-state index in [2.05, 4.69) is 20.0 Å². The molecule has 14 heteroatoms. The van der Waals surface area contributed by atoms with E-state index in [0.717, 1.165) is 0 Å². The number of imidazole rings is 1. The van der Waals surface area contributed by atoms with Crippen molar-refractivity contribution in [1.82, 2.24) is 19.6 Å². The smallest absolute Gasteiger partial charge is 0.493 e. The van der Waals surface area contributed by atoms with Gasteiger partial charge in [-0.2, -0.15) is 4.72 Å². The number of hydrogen-bond donors (Lipinski definition) is 4. The third kappa shape index (κ3) is 6.74. The molecular weight excluding hydrogens is 542 g/mol. The Morgan fingerprint density at radius 3 is 2.67 bits per heavy atom. The first-order valence-electron chi connectivity index (χ1n) is 12.8. The number of carbonyl (C=O) groups excluding carboxylic acids is 1. The van der Waals surface area contributed by atoms with Crippen LogP contribution < -0.4 is 19.5 Å². The van der Waals surface area contributed by atoms with E-state index < -0.39 is 34.4 Å². The Kier molecular flexibility index (Phi) is 9.32. The van der Waals surface area contributed by atoms with Gasteiger partial charge in [0.15, 0.2) is 23.7 Å². The molecule has 40 heavy (non-hydrogen) atoms. The van der Waals surface area contributed by atoms with Crippen LogP contribution in [0.2, 0.25) is 0 Å². The molecule has 2 atom stereocenters. The fraction of sp³-hybridized carbons (Fsp3) is 0.423. The summed E-state index contributed by atoms with van der Waals surface area (Å²) in [6, 6.07) is 6.89. The number of ether oxygens (including phenoxy) is 3. The number of carboxylic acid groups (broad SMARTS) is 1. The fourth-order valence-corrected chi connectivity index (χ4v) is 6.20. The van der Waals surface area contributed by atoms with Gasteiger partial charge >= 0.3 is 6.16 Å². The lowest BCUT2D eigenvalue weighted by Crippen LogP contribution is -2.54. The molecule has 1 aliphatic heterocycles. The number of benzene rings is 2. The summed E-state index contributed by atoms with van der Waals surface area (Å²) in [5.41, 5.74) is 0. The lowest BCUT2D eigenvalue weighted by molar-refractivity contribution is -0.147. The van der Waals surface area contributed by atoms with Crippen LogP contribution in [0.25, 0.3) is 10.8 Å². The molecule has 1 aromatic heterocycles. The van der Waals surface area contributed by atoms with Crippen LogP contribution in [0.1, 0.15) is 32.1 Å². The monoisotopic (exact) mass is 575 g/mol. The van der Waals surface area contributed by atoms with Gasteiger partial charge in [0, 0.05) is 37.3 Å². The lowest BCUT2D eigenvalue weighted by atomic mass is 10.1. The number of carbonyl (C=O) groups is 2. The van der Waals surface area contributed by atoms with E-state index >= 15 is 0 Å². The number of aromatic amines is 1. The summed E-state index contributed by atoms with van der Waals surface area (Å²) in [6.07, 6.45) is 3.01. The molecule has 13 nitrogen and oxygen atoms in total. The molecule has 2 aromatic carbocycles. The molecule has 1 fully saturated rings. The van der Waals surface area contributed by atoms with Gasteiger partial charge in [0.25, 0.3) is 0 Å². The molecule has 4 N–H and O–H groups in total. The van der Waals surface area contributed by atoms with Gasteiger partial charge in [0.2, 0.25) is 15.9 Å². The Hall–Kier alpha value is -4.04. The summed E-state index contributed by atoms with van der Waals surface area (Å²) in [5.74, 6) is 0.807. The molecule has 0 bridgehead atoms. The Morgan fingerprint density at radius 1 is 1.20 bits per heavy atom. The molecular formula is C26H33N5O8S. The van der Waals surface area contributed by atoms with Crippen LogP contribution in [0, 0.1) is 0 Å². The number of hydrogen-bond acceptors (Lipinski definition) is 9. The molecule has 4 rings (SSSR count). The first-order chi connectivity index (χ1) is 19.2. The van der Waals surface area contributed by atoms with Gasteiger partial charge in [0.05, 0.1) is 19.1 Å². The van der Waals surface area contributed by atoms with Gasteiger partial charge in [-0.1, -0.05) is 12.1 Å². The SMILES string of the molecule is COc1cc2cccc(S(=O)(=O)N[C@@H](CCCNc3ncc[nH]3)C(=O)N3CCCC[C@H]3OC(=O)O)c2cc1OC. The van der Waals surface area contributed by atoms with Gasteiger partial charge in [-0.25, -0.2) is 18.2 Å². The van der Waals surface area contributed by atoms with Crippen molar-refractivity contribution in [3.05, 3.63) is 42.7 Å². The molecule has 1 aliphatic rings. The summed E-state index contributed by atoms with van der Waals surface area (Å²) in [4.78, 5) is 33.3. The predicted octanol–water partition coefficient (Wildman–Crippen LogP) is 3.15. The predicted molar refractivity (Wildman–Crippen MR) is 146 cm³/mol. The largest absolute Gasteiger partial charge is 0.507 e. The minimum Gasteiger partial charge on any atom is -0.493 e. The van der Waals surface area contributed by atoms with Crippen LogP contribution in [-0.2, 0) is 19.6 Å². The Balaban J connectivity index is 1.62. The van der Waals surface area contributed by atoms with E-state index in [4.69, 9.17) is 14.2 Å². The maximum absolute atomic E-state index is 13.8. The lowest BCUT2D eigenvalue weighted by Gasteiger charge is -2.36. The van der Waals surface area contributed by atoms with Crippen LogP contribution in [0.3, 0.4) is 0 Å². The minimum absolute atomic E-state index is 0.0329. The van der Waals surface area contributed by atoms with Crippen molar-refractivity contribution in [2.45, 2.75) is 49.3 Å². The Bertz CT molecular complexity index is 1430. The number of nitrogens with one attached hydrogen (secondary N) is 3. The number of aromatic nitrogens is 2. The zero-order chi connectivity index (χ0) is 28.7. The standard InChI is InChI=1S/C26H33N5O8S/c1-37-20-15-17-7-5-9-22(18(17)16-21(20)38-2)40(35,36)30-19(8-6-11-27-25-28-12-13-29-25)24(32)31-14-4-3-10-23(31)39-26(33)34/h5,7,9,12-13,15-16,19,23,30H,3-4,6,8,10-11,14H2,1-2H3,(H,33,34)(H2,27,28,29)/t19-,23+/m0/s1. The van der Waals surface area contributed by atoms with Crippen molar-refractivity contribution in [2.75, 3.05) is 32.6 Å². The normalized spacial score (nSPS) is 16.4. The number of piperidine rings is 1. The Labute approximate surface area is 231 Å². The Morgan fingerprint density at radius 2 is 1.98 bits per heavy atom. The van der Waals surface area contributed by atoms with E-state index in [0.29, 0.717) is 60.4 Å². The van der Waals surface area contributed by atoms with Crippen molar-refractivity contribution in [2.24, 2.45) is 0 Å². The number of nitrogens with zero attached hydrogens (tertiary/aromatic N) is 2. The summed E-state index contributed by atoms with van der Waals surface area (Å²) in [6.45, 7) is 0.671. The van der Waals surface area contributed by atoms with Crippen molar-refractivity contribution in [3.8, 4) is 11.5 Å². The highest BCUT2D eigenvalue weighted by Crippen LogP contribution is 2.35. The third-order valence-electron chi connectivity index (χ3n) is 6.66. The first-order valence-corrected chi connectivity index (χ1v) is 14.3. The first kappa shape index (κ1) is 29.0. The second-order valence-electron chi connectivity index (χ2n) is 9.23. The molecule has 216 valence electrons. The van der Waals surface area contributed by atoms with E-state index in [9.17, 15) is 23.1 Å². The molecule has 0 aliphatic carbocycles. The van der Waals surface area contributed by atoms with Crippen molar-refractivity contribution in [3.63, 3.8) is 0 Å². The molecule has 0 unspecified atom stereocenters. The van der Waals surface area contributed by atoms with Crippen LogP contribution in [-0.4, -0.2) is 80.0 Å². The van der Waals surface area contributed by atoms with Gasteiger partial charge in [-0.05, 0) is 49.3 Å². The molecule has 0 spiro atoms. The quantitative estimate of drug-likeness (QED) is 0.186. The summed E-state index contributed by atoms with van der Waals surface area (Å²) < 4.78 is 45.8. The molecule has 1 amide bonds. The molecule has 0 radical (unpaired) electrons. The topological polar surface area (TPSA) is 172 Å². The van der Waals surface area contributed by atoms with E-state index in [1.165, 1.54) is 25.2 Å². The second kappa shape index (κ2) is 12.9. The van der Waals surface area contributed by atoms with Crippen LogP contribution in [0.4, 0.5) is 10.7 Å². The maximum atomic E-state index is 13.8. The summed E-state index contributed by atoms with van der Waals surface area (Å²) >= 11 is 0. The maximum Gasteiger partial charge on any atom is 0.507 e. The molecule has 0 saturated carbocycles. The molecule has 3 aromatic rings. The summed E-state index contributed by atoms with van der Waals surface area (Å²) in [7, 11) is -1.28. The van der Waals surface area contributed by atoms with Gasteiger partial charge in [-0.3, -0.25) is 4.79 Å². The van der Waals surface area contributed by atoms with E-state index in [-0.39, 0.29) is 17.9 Å².